The van der Waals surface area contributed by atoms with Gasteiger partial charge in [0.1, 0.15) is 0 Å². The van der Waals surface area contributed by atoms with Crippen LogP contribution in [0.3, 0.4) is 0 Å². The lowest BCUT2D eigenvalue weighted by Gasteiger charge is -2.35. The highest BCUT2D eigenvalue weighted by molar-refractivity contribution is 4.99. The zero-order chi connectivity index (χ0) is 6.55. The van der Waals surface area contributed by atoms with Crippen LogP contribution in [0.2, 0.25) is 0 Å². The molecule has 0 bridgehead atoms. The third-order valence-corrected chi connectivity index (χ3v) is 3.60. The minimum absolute atomic E-state index is 1.02. The SMILES string of the molecule is C1CC(N2CC3CC3C2)C1. The van der Waals surface area contributed by atoms with Crippen LogP contribution in [0.5, 0.6) is 0 Å². The second-order valence-corrected chi connectivity index (χ2v) is 4.29. The van der Waals surface area contributed by atoms with E-state index >= 15 is 0 Å². The Morgan fingerprint density at radius 2 is 1.70 bits per heavy atom. The highest BCUT2D eigenvalue weighted by Crippen LogP contribution is 2.47. The molecule has 1 heteroatoms. The van der Waals surface area contributed by atoms with Crippen LogP contribution in [0.4, 0.5) is 0 Å². The predicted molar refractivity (Wildman–Crippen MR) is 40.8 cm³/mol. The number of hydrogen-bond acceptors (Lipinski definition) is 1. The van der Waals surface area contributed by atoms with E-state index < -0.39 is 0 Å². The van der Waals surface area contributed by atoms with Crippen molar-refractivity contribution in [2.45, 2.75) is 31.7 Å². The second kappa shape index (κ2) is 1.76. The van der Waals surface area contributed by atoms with Gasteiger partial charge in [0.25, 0.3) is 0 Å². The van der Waals surface area contributed by atoms with Gasteiger partial charge in [0, 0.05) is 19.1 Å². The predicted octanol–water partition coefficient (Wildman–Crippen LogP) is 1.49. The highest BCUT2D eigenvalue weighted by Gasteiger charge is 2.47. The molecule has 1 saturated heterocycles. The van der Waals surface area contributed by atoms with Crippen molar-refractivity contribution in [3.63, 3.8) is 0 Å². The molecule has 56 valence electrons. The van der Waals surface area contributed by atoms with Crippen LogP contribution in [-0.4, -0.2) is 24.0 Å². The van der Waals surface area contributed by atoms with Crippen molar-refractivity contribution in [3.05, 3.63) is 0 Å². The fraction of sp³-hybridized carbons (Fsp3) is 1.00. The van der Waals surface area contributed by atoms with E-state index in [0.717, 1.165) is 17.9 Å². The fourth-order valence-corrected chi connectivity index (χ4v) is 2.48. The molecule has 1 heterocycles. The number of fused-ring (bicyclic) bond motifs is 1. The van der Waals surface area contributed by atoms with Gasteiger partial charge < -0.3 is 0 Å². The largest absolute Gasteiger partial charge is 0.300 e. The summed E-state index contributed by atoms with van der Waals surface area (Å²) in [7, 11) is 0. The van der Waals surface area contributed by atoms with Gasteiger partial charge in [-0.25, -0.2) is 0 Å². The van der Waals surface area contributed by atoms with E-state index in [1.165, 1.54) is 32.4 Å². The summed E-state index contributed by atoms with van der Waals surface area (Å²) in [6.45, 7) is 2.91. The fourth-order valence-electron chi connectivity index (χ4n) is 2.48. The molecule has 0 aromatic carbocycles. The number of hydrogen-bond donors (Lipinski definition) is 0. The Kier molecular flexibility index (Phi) is 0.984. The summed E-state index contributed by atoms with van der Waals surface area (Å²) >= 11 is 0. The lowest BCUT2D eigenvalue weighted by atomic mass is 9.91. The van der Waals surface area contributed by atoms with E-state index in [-0.39, 0.29) is 0 Å². The lowest BCUT2D eigenvalue weighted by Crippen LogP contribution is -2.39. The number of rotatable bonds is 1. The van der Waals surface area contributed by atoms with Gasteiger partial charge in [0.2, 0.25) is 0 Å². The molecule has 2 atom stereocenters. The first-order valence-electron chi connectivity index (χ1n) is 4.67. The zero-order valence-corrected chi connectivity index (χ0v) is 6.42. The van der Waals surface area contributed by atoms with Gasteiger partial charge in [-0.05, 0) is 31.1 Å². The number of likely N-dealkylation sites (tertiary alicyclic amines) is 1. The van der Waals surface area contributed by atoms with Gasteiger partial charge in [-0.1, -0.05) is 6.42 Å². The van der Waals surface area contributed by atoms with Crippen LogP contribution in [0.15, 0.2) is 0 Å². The first-order chi connectivity index (χ1) is 4.93. The standard InChI is InChI=1S/C9H15N/c1-2-9(3-1)10-5-7-4-8(7)6-10/h7-9H,1-6H2. The van der Waals surface area contributed by atoms with E-state index in [1.807, 2.05) is 0 Å². The number of piperidine rings is 1. The molecule has 3 aliphatic rings. The van der Waals surface area contributed by atoms with E-state index in [0.29, 0.717) is 0 Å². The van der Waals surface area contributed by atoms with Gasteiger partial charge in [-0.15, -0.1) is 0 Å². The van der Waals surface area contributed by atoms with Gasteiger partial charge in [-0.2, -0.15) is 0 Å². The summed E-state index contributed by atoms with van der Waals surface area (Å²) < 4.78 is 0. The van der Waals surface area contributed by atoms with Crippen molar-refractivity contribution >= 4 is 0 Å². The molecule has 2 saturated carbocycles. The van der Waals surface area contributed by atoms with Crippen LogP contribution in [0, 0.1) is 11.8 Å². The Bertz CT molecular complexity index is 141. The van der Waals surface area contributed by atoms with Crippen molar-refractivity contribution in [1.29, 1.82) is 0 Å². The third-order valence-electron chi connectivity index (χ3n) is 3.60. The molecule has 3 fully saturated rings. The van der Waals surface area contributed by atoms with Crippen molar-refractivity contribution in [3.8, 4) is 0 Å². The average molecular weight is 137 g/mol. The Balaban J connectivity index is 1.63. The molecule has 0 radical (unpaired) electrons. The normalized spacial score (nSPS) is 46.8. The van der Waals surface area contributed by atoms with Crippen molar-refractivity contribution < 1.29 is 0 Å². The summed E-state index contributed by atoms with van der Waals surface area (Å²) in [6.07, 6.45) is 6.05. The zero-order valence-electron chi connectivity index (χ0n) is 6.42. The molecule has 0 aromatic rings. The Morgan fingerprint density at radius 1 is 1.00 bits per heavy atom. The molecule has 0 amide bonds. The van der Waals surface area contributed by atoms with Crippen molar-refractivity contribution in [2.24, 2.45) is 11.8 Å². The van der Waals surface area contributed by atoms with Crippen LogP contribution < -0.4 is 0 Å². The minimum Gasteiger partial charge on any atom is -0.300 e. The second-order valence-electron chi connectivity index (χ2n) is 4.29. The average Bonchev–Trinajstić information content (AvgIpc) is 2.36. The quantitative estimate of drug-likeness (QED) is 0.529. The van der Waals surface area contributed by atoms with E-state index in [4.69, 9.17) is 0 Å². The molecule has 1 nitrogen and oxygen atoms in total. The van der Waals surface area contributed by atoms with Crippen molar-refractivity contribution in [1.82, 2.24) is 4.90 Å². The van der Waals surface area contributed by atoms with Crippen LogP contribution in [0.1, 0.15) is 25.7 Å². The smallest absolute Gasteiger partial charge is 0.00955 e. The van der Waals surface area contributed by atoms with Crippen LogP contribution in [0.25, 0.3) is 0 Å². The highest BCUT2D eigenvalue weighted by atomic mass is 15.2. The van der Waals surface area contributed by atoms with Gasteiger partial charge in [0.05, 0.1) is 0 Å². The lowest BCUT2D eigenvalue weighted by molar-refractivity contribution is 0.143. The van der Waals surface area contributed by atoms with Gasteiger partial charge in [0.15, 0.2) is 0 Å². The molecular weight excluding hydrogens is 122 g/mol. The van der Waals surface area contributed by atoms with E-state index in [9.17, 15) is 0 Å². The maximum Gasteiger partial charge on any atom is 0.00955 e. The van der Waals surface area contributed by atoms with E-state index in [2.05, 4.69) is 4.90 Å². The molecule has 2 aliphatic carbocycles. The maximum atomic E-state index is 2.74. The first kappa shape index (κ1) is 5.59. The molecule has 10 heavy (non-hydrogen) atoms. The van der Waals surface area contributed by atoms with Crippen LogP contribution >= 0.6 is 0 Å². The topological polar surface area (TPSA) is 3.24 Å². The summed E-state index contributed by atoms with van der Waals surface area (Å²) in [6, 6.07) is 1.02. The van der Waals surface area contributed by atoms with Crippen molar-refractivity contribution in [2.75, 3.05) is 13.1 Å². The Labute approximate surface area is 62.4 Å². The van der Waals surface area contributed by atoms with Gasteiger partial charge in [-0.3, -0.25) is 4.90 Å². The molecule has 0 N–H and O–H groups in total. The monoisotopic (exact) mass is 137 g/mol. The molecule has 1 aliphatic heterocycles. The van der Waals surface area contributed by atoms with Crippen LogP contribution in [-0.2, 0) is 0 Å². The molecule has 0 spiro atoms. The molecule has 0 aromatic heterocycles. The summed E-state index contributed by atoms with van der Waals surface area (Å²) in [4.78, 5) is 2.74. The van der Waals surface area contributed by atoms with Gasteiger partial charge >= 0.3 is 0 Å². The summed E-state index contributed by atoms with van der Waals surface area (Å²) in [5, 5.41) is 0. The Morgan fingerprint density at radius 3 is 2.20 bits per heavy atom. The molecular formula is C9H15N. The first-order valence-corrected chi connectivity index (χ1v) is 4.67. The molecule has 2 unspecified atom stereocenters. The number of nitrogens with zero attached hydrogens (tertiary/aromatic N) is 1. The summed E-state index contributed by atoms with van der Waals surface area (Å²) in [5.74, 6) is 2.28. The third kappa shape index (κ3) is 0.672. The Hall–Kier alpha value is -0.0400. The summed E-state index contributed by atoms with van der Waals surface area (Å²) in [5.41, 5.74) is 0. The van der Waals surface area contributed by atoms with E-state index in [1.54, 1.807) is 6.42 Å². The maximum absolute atomic E-state index is 2.74. The molecule has 3 rings (SSSR count). The minimum atomic E-state index is 1.02.